The summed E-state index contributed by atoms with van der Waals surface area (Å²) in [7, 11) is 1.69. The van der Waals surface area contributed by atoms with E-state index in [0.29, 0.717) is 30.0 Å². The number of nitrogens with zero attached hydrogens (tertiary/aromatic N) is 2. The number of aliphatic imine (C=N–C) groups is 1. The first kappa shape index (κ1) is 18.0. The average molecular weight is 351 g/mol. The van der Waals surface area contributed by atoms with Crippen molar-refractivity contribution in [3.8, 4) is 5.75 Å². The first-order valence-electron chi connectivity index (χ1n) is 7.54. The monoisotopic (exact) mass is 350 g/mol. The summed E-state index contributed by atoms with van der Waals surface area (Å²) in [5.41, 5.74) is 0.992. The molecule has 128 valence electrons. The molecule has 0 spiro atoms. The molecule has 1 aromatic carbocycles. The Hall–Kier alpha value is -2.34. The first-order valence-corrected chi connectivity index (χ1v) is 7.92. The van der Waals surface area contributed by atoms with Crippen molar-refractivity contribution >= 4 is 17.6 Å². The van der Waals surface area contributed by atoms with Crippen molar-refractivity contribution in [3.63, 3.8) is 0 Å². The Kier molecular flexibility index (Phi) is 6.81. The second-order valence-electron chi connectivity index (χ2n) is 5.18. The Morgan fingerprint density at radius 2 is 2.17 bits per heavy atom. The molecule has 2 aromatic rings. The van der Waals surface area contributed by atoms with Gasteiger partial charge in [0.2, 0.25) is 0 Å². The third kappa shape index (κ3) is 6.04. The van der Waals surface area contributed by atoms with Gasteiger partial charge >= 0.3 is 0 Å². The molecule has 0 aliphatic carbocycles. The van der Waals surface area contributed by atoms with Gasteiger partial charge in [-0.15, -0.1) is 0 Å². The summed E-state index contributed by atoms with van der Waals surface area (Å²) in [5, 5.41) is 6.80. The molecule has 5 nitrogen and oxygen atoms in total. The van der Waals surface area contributed by atoms with Gasteiger partial charge in [-0.2, -0.15) is 0 Å². The van der Waals surface area contributed by atoms with Crippen LogP contribution in [0.1, 0.15) is 12.5 Å². The first-order chi connectivity index (χ1) is 11.6. The van der Waals surface area contributed by atoms with Gasteiger partial charge in [0, 0.05) is 25.9 Å². The largest absolute Gasteiger partial charge is 0.489 e. The number of pyridine rings is 1. The minimum Gasteiger partial charge on any atom is -0.489 e. The lowest BCUT2D eigenvalue weighted by molar-refractivity contribution is 0.223. The van der Waals surface area contributed by atoms with Crippen molar-refractivity contribution in [2.24, 2.45) is 4.99 Å². The Morgan fingerprint density at radius 3 is 2.83 bits per heavy atom. The fraction of sp³-hybridized carbons (Fsp3) is 0.294. The molecule has 2 N–H and O–H groups in total. The Bertz CT molecular complexity index is 679. The highest BCUT2D eigenvalue weighted by atomic mass is 35.5. The summed E-state index contributed by atoms with van der Waals surface area (Å²) in [5.74, 6) is 0.820. The van der Waals surface area contributed by atoms with Gasteiger partial charge in [-0.1, -0.05) is 23.7 Å². The number of hydrogen-bond acceptors (Lipinski definition) is 3. The van der Waals surface area contributed by atoms with Gasteiger partial charge < -0.3 is 15.4 Å². The SMILES string of the molecule is CN=C(NCc1ccc(Cl)nc1)NCC(C)Oc1cccc(F)c1. The van der Waals surface area contributed by atoms with Crippen LogP contribution in [0.3, 0.4) is 0 Å². The molecular formula is C17H20ClFN4O. The molecule has 0 saturated heterocycles. The van der Waals surface area contributed by atoms with Crippen LogP contribution < -0.4 is 15.4 Å². The normalized spacial score (nSPS) is 12.6. The van der Waals surface area contributed by atoms with Crippen molar-refractivity contribution in [2.45, 2.75) is 19.6 Å². The Morgan fingerprint density at radius 1 is 1.33 bits per heavy atom. The molecule has 0 bridgehead atoms. The summed E-state index contributed by atoms with van der Waals surface area (Å²) in [4.78, 5) is 8.17. The Labute approximate surface area is 145 Å². The smallest absolute Gasteiger partial charge is 0.191 e. The van der Waals surface area contributed by atoms with Gasteiger partial charge in [-0.25, -0.2) is 9.37 Å². The topological polar surface area (TPSA) is 58.5 Å². The molecule has 1 unspecified atom stereocenters. The fourth-order valence-electron chi connectivity index (χ4n) is 1.97. The lowest BCUT2D eigenvalue weighted by Gasteiger charge is -2.17. The zero-order valence-corrected chi connectivity index (χ0v) is 14.3. The summed E-state index contributed by atoms with van der Waals surface area (Å²) < 4.78 is 18.8. The van der Waals surface area contributed by atoms with Crippen molar-refractivity contribution < 1.29 is 9.13 Å². The fourth-order valence-corrected chi connectivity index (χ4v) is 2.08. The highest BCUT2D eigenvalue weighted by molar-refractivity contribution is 6.29. The molecule has 0 aliphatic heterocycles. The summed E-state index contributed by atoms with van der Waals surface area (Å²) in [6.45, 7) is 2.99. The zero-order chi connectivity index (χ0) is 17.4. The van der Waals surface area contributed by atoms with E-state index in [-0.39, 0.29) is 11.9 Å². The van der Waals surface area contributed by atoms with Crippen LogP contribution in [0.4, 0.5) is 4.39 Å². The third-order valence-electron chi connectivity index (χ3n) is 3.16. The highest BCUT2D eigenvalue weighted by Gasteiger charge is 2.06. The molecule has 0 amide bonds. The maximum Gasteiger partial charge on any atom is 0.191 e. The molecule has 2 rings (SSSR count). The number of rotatable bonds is 6. The van der Waals surface area contributed by atoms with Gasteiger partial charge in [-0.3, -0.25) is 4.99 Å². The van der Waals surface area contributed by atoms with Crippen LogP contribution in [0.2, 0.25) is 5.15 Å². The van der Waals surface area contributed by atoms with E-state index >= 15 is 0 Å². The van der Waals surface area contributed by atoms with Crippen molar-refractivity contribution in [1.29, 1.82) is 0 Å². The van der Waals surface area contributed by atoms with Crippen LogP contribution in [0.15, 0.2) is 47.6 Å². The van der Waals surface area contributed by atoms with Crippen molar-refractivity contribution in [3.05, 3.63) is 59.1 Å². The van der Waals surface area contributed by atoms with E-state index in [0.717, 1.165) is 5.56 Å². The molecule has 0 fully saturated rings. The minimum atomic E-state index is -0.318. The number of guanidine groups is 1. The molecule has 0 radical (unpaired) electrons. The lowest BCUT2D eigenvalue weighted by atomic mass is 10.3. The standard InChI is InChI=1S/C17H20ClFN4O/c1-12(24-15-5-3-4-14(19)8-15)9-22-17(20-2)23-11-13-6-7-16(18)21-10-13/h3-8,10,12H,9,11H2,1-2H3,(H2,20,22,23). The number of halogens is 2. The number of aromatic nitrogens is 1. The molecule has 24 heavy (non-hydrogen) atoms. The van der Waals surface area contributed by atoms with E-state index < -0.39 is 0 Å². The van der Waals surface area contributed by atoms with E-state index in [1.54, 1.807) is 31.4 Å². The number of hydrogen-bond donors (Lipinski definition) is 2. The van der Waals surface area contributed by atoms with Crippen molar-refractivity contribution in [1.82, 2.24) is 15.6 Å². The predicted octanol–water partition coefficient (Wildman–Crippen LogP) is 3.01. The predicted molar refractivity (Wildman–Crippen MR) is 93.9 cm³/mol. The Balaban J connectivity index is 1.77. The van der Waals surface area contributed by atoms with Gasteiger partial charge in [-0.05, 0) is 30.7 Å². The zero-order valence-electron chi connectivity index (χ0n) is 13.6. The number of benzene rings is 1. The van der Waals surface area contributed by atoms with Crippen LogP contribution >= 0.6 is 11.6 Å². The summed E-state index contributed by atoms with van der Waals surface area (Å²) >= 11 is 5.76. The van der Waals surface area contributed by atoms with E-state index in [1.165, 1.54) is 12.1 Å². The number of nitrogens with one attached hydrogen (secondary N) is 2. The molecule has 7 heteroatoms. The summed E-state index contributed by atoms with van der Waals surface area (Å²) in [6, 6.07) is 9.71. The number of ether oxygens (including phenoxy) is 1. The van der Waals surface area contributed by atoms with E-state index in [9.17, 15) is 4.39 Å². The van der Waals surface area contributed by atoms with E-state index in [2.05, 4.69) is 20.6 Å². The molecule has 0 aliphatic rings. The molecule has 0 saturated carbocycles. The van der Waals surface area contributed by atoms with Crippen LogP contribution in [-0.2, 0) is 6.54 Å². The van der Waals surface area contributed by atoms with Crippen LogP contribution in [0, 0.1) is 5.82 Å². The van der Waals surface area contributed by atoms with E-state index in [1.807, 2.05) is 13.0 Å². The average Bonchev–Trinajstić information content (AvgIpc) is 2.56. The second-order valence-corrected chi connectivity index (χ2v) is 5.57. The molecule has 1 aromatic heterocycles. The van der Waals surface area contributed by atoms with Crippen molar-refractivity contribution in [2.75, 3.05) is 13.6 Å². The van der Waals surface area contributed by atoms with Crippen LogP contribution in [0.5, 0.6) is 5.75 Å². The maximum absolute atomic E-state index is 13.1. The highest BCUT2D eigenvalue weighted by Crippen LogP contribution is 2.13. The van der Waals surface area contributed by atoms with Crippen LogP contribution in [-0.4, -0.2) is 30.6 Å². The molecule has 1 heterocycles. The van der Waals surface area contributed by atoms with Gasteiger partial charge in [0.1, 0.15) is 22.8 Å². The molecule has 1 atom stereocenters. The second kappa shape index (κ2) is 9.08. The van der Waals surface area contributed by atoms with Gasteiger partial charge in [0.15, 0.2) is 5.96 Å². The quantitative estimate of drug-likeness (QED) is 0.477. The minimum absolute atomic E-state index is 0.150. The van der Waals surface area contributed by atoms with E-state index in [4.69, 9.17) is 16.3 Å². The maximum atomic E-state index is 13.1. The third-order valence-corrected chi connectivity index (χ3v) is 3.39. The van der Waals surface area contributed by atoms with Crippen LogP contribution in [0.25, 0.3) is 0 Å². The lowest BCUT2D eigenvalue weighted by Crippen LogP contribution is -2.41. The summed E-state index contributed by atoms with van der Waals surface area (Å²) in [6.07, 6.45) is 1.56. The van der Waals surface area contributed by atoms with Gasteiger partial charge in [0.25, 0.3) is 0 Å². The van der Waals surface area contributed by atoms with Gasteiger partial charge in [0.05, 0.1) is 6.54 Å². The molecular weight excluding hydrogens is 331 g/mol.